The second-order valence-corrected chi connectivity index (χ2v) is 4.44. The predicted octanol–water partition coefficient (Wildman–Crippen LogP) is 2.41. The Morgan fingerprint density at radius 2 is 2.15 bits per heavy atom. The molecule has 1 saturated heterocycles. The SMILES string of the molecule is CC1CCC(C)N(C(C)CC#N)C1. The van der Waals surface area contributed by atoms with Crippen LogP contribution in [0.5, 0.6) is 0 Å². The minimum Gasteiger partial charge on any atom is -0.297 e. The van der Waals surface area contributed by atoms with Gasteiger partial charge >= 0.3 is 0 Å². The Kier molecular flexibility index (Phi) is 3.74. The van der Waals surface area contributed by atoms with Crippen LogP contribution in [0.3, 0.4) is 0 Å². The first kappa shape index (κ1) is 10.5. The molecule has 13 heavy (non-hydrogen) atoms. The third kappa shape index (κ3) is 2.70. The first-order valence-corrected chi connectivity index (χ1v) is 5.27. The normalized spacial score (nSPS) is 32.5. The Labute approximate surface area is 81.5 Å². The van der Waals surface area contributed by atoms with Crippen LogP contribution >= 0.6 is 0 Å². The molecule has 1 aliphatic heterocycles. The van der Waals surface area contributed by atoms with Crippen molar-refractivity contribution in [2.45, 2.75) is 52.1 Å². The van der Waals surface area contributed by atoms with Gasteiger partial charge in [-0.25, -0.2) is 0 Å². The standard InChI is InChI=1S/C11H20N2/c1-9-4-5-10(2)13(8-9)11(3)6-7-12/h9-11H,4-6,8H2,1-3H3. The largest absolute Gasteiger partial charge is 0.297 e. The molecular formula is C11H20N2. The van der Waals surface area contributed by atoms with Crippen LogP contribution in [-0.2, 0) is 0 Å². The highest BCUT2D eigenvalue weighted by molar-refractivity contribution is 4.85. The molecule has 0 aromatic rings. The molecule has 0 aliphatic carbocycles. The topological polar surface area (TPSA) is 27.0 Å². The van der Waals surface area contributed by atoms with Gasteiger partial charge in [-0.05, 0) is 32.6 Å². The van der Waals surface area contributed by atoms with Crippen molar-refractivity contribution in [3.8, 4) is 6.07 Å². The first-order valence-electron chi connectivity index (χ1n) is 5.27. The van der Waals surface area contributed by atoms with E-state index in [9.17, 15) is 0 Å². The molecule has 2 heteroatoms. The predicted molar refractivity (Wildman–Crippen MR) is 54.3 cm³/mol. The summed E-state index contributed by atoms with van der Waals surface area (Å²) in [5, 5.41) is 8.64. The van der Waals surface area contributed by atoms with Crippen LogP contribution in [0.2, 0.25) is 0 Å². The van der Waals surface area contributed by atoms with E-state index in [1.165, 1.54) is 19.4 Å². The molecule has 3 atom stereocenters. The van der Waals surface area contributed by atoms with Crippen molar-refractivity contribution < 1.29 is 0 Å². The lowest BCUT2D eigenvalue weighted by Gasteiger charge is -2.40. The smallest absolute Gasteiger partial charge is 0.0638 e. The quantitative estimate of drug-likeness (QED) is 0.652. The molecule has 0 amide bonds. The lowest BCUT2D eigenvalue weighted by Crippen LogP contribution is -2.46. The summed E-state index contributed by atoms with van der Waals surface area (Å²) >= 11 is 0. The van der Waals surface area contributed by atoms with E-state index in [-0.39, 0.29) is 0 Å². The molecule has 74 valence electrons. The van der Waals surface area contributed by atoms with Crippen molar-refractivity contribution in [3.05, 3.63) is 0 Å². The second kappa shape index (κ2) is 4.62. The Morgan fingerprint density at radius 1 is 1.46 bits per heavy atom. The highest BCUT2D eigenvalue weighted by Gasteiger charge is 2.26. The van der Waals surface area contributed by atoms with Crippen LogP contribution in [0.1, 0.15) is 40.0 Å². The van der Waals surface area contributed by atoms with Crippen LogP contribution in [-0.4, -0.2) is 23.5 Å². The maximum Gasteiger partial charge on any atom is 0.0638 e. The highest BCUT2D eigenvalue weighted by Crippen LogP contribution is 2.23. The monoisotopic (exact) mass is 180 g/mol. The van der Waals surface area contributed by atoms with E-state index in [2.05, 4.69) is 31.7 Å². The molecule has 0 aromatic heterocycles. The van der Waals surface area contributed by atoms with Crippen LogP contribution in [0, 0.1) is 17.2 Å². The lowest BCUT2D eigenvalue weighted by atomic mass is 9.93. The number of likely N-dealkylation sites (tertiary alicyclic amines) is 1. The van der Waals surface area contributed by atoms with E-state index in [1.54, 1.807) is 0 Å². The van der Waals surface area contributed by atoms with Crippen molar-refractivity contribution in [3.63, 3.8) is 0 Å². The minimum absolute atomic E-state index is 0.433. The van der Waals surface area contributed by atoms with E-state index in [1.807, 2.05) is 0 Å². The number of piperidine rings is 1. The molecule has 0 saturated carbocycles. The molecule has 2 nitrogen and oxygen atoms in total. The summed E-state index contributed by atoms with van der Waals surface area (Å²) in [5.74, 6) is 0.803. The zero-order chi connectivity index (χ0) is 9.84. The third-order valence-electron chi connectivity index (χ3n) is 3.12. The molecule has 0 bridgehead atoms. The molecule has 1 heterocycles. The van der Waals surface area contributed by atoms with Crippen molar-refractivity contribution in [1.29, 1.82) is 5.26 Å². The molecular weight excluding hydrogens is 160 g/mol. The molecule has 0 radical (unpaired) electrons. The zero-order valence-corrected chi connectivity index (χ0v) is 8.95. The summed E-state index contributed by atoms with van der Waals surface area (Å²) in [6, 6.07) is 3.36. The van der Waals surface area contributed by atoms with Gasteiger partial charge < -0.3 is 0 Å². The van der Waals surface area contributed by atoms with Gasteiger partial charge in [0.25, 0.3) is 0 Å². The first-order chi connectivity index (χ1) is 6.15. The van der Waals surface area contributed by atoms with Crippen LogP contribution in [0.25, 0.3) is 0 Å². The van der Waals surface area contributed by atoms with Crippen molar-refractivity contribution >= 4 is 0 Å². The molecule has 3 unspecified atom stereocenters. The Hall–Kier alpha value is -0.550. The number of rotatable bonds is 2. The summed E-state index contributed by atoms with van der Waals surface area (Å²) < 4.78 is 0. The summed E-state index contributed by atoms with van der Waals surface area (Å²) in [4.78, 5) is 2.48. The van der Waals surface area contributed by atoms with Gasteiger partial charge in [-0.15, -0.1) is 0 Å². The second-order valence-electron chi connectivity index (χ2n) is 4.44. The van der Waals surface area contributed by atoms with Crippen molar-refractivity contribution in [2.24, 2.45) is 5.92 Å². The summed E-state index contributed by atoms with van der Waals surface area (Å²) in [6.45, 7) is 7.92. The third-order valence-corrected chi connectivity index (χ3v) is 3.12. The average molecular weight is 180 g/mol. The fourth-order valence-electron chi connectivity index (χ4n) is 2.19. The molecule has 0 aromatic carbocycles. The van der Waals surface area contributed by atoms with E-state index in [0.717, 1.165) is 5.92 Å². The summed E-state index contributed by atoms with van der Waals surface area (Å²) in [6.07, 6.45) is 3.30. The molecule has 0 N–H and O–H groups in total. The molecule has 0 spiro atoms. The summed E-state index contributed by atoms with van der Waals surface area (Å²) in [5.41, 5.74) is 0. The maximum absolute atomic E-state index is 8.64. The maximum atomic E-state index is 8.64. The molecule has 1 rings (SSSR count). The van der Waals surface area contributed by atoms with E-state index in [0.29, 0.717) is 18.5 Å². The Morgan fingerprint density at radius 3 is 2.77 bits per heavy atom. The van der Waals surface area contributed by atoms with E-state index < -0.39 is 0 Å². The fraction of sp³-hybridized carbons (Fsp3) is 0.909. The Balaban J connectivity index is 2.50. The van der Waals surface area contributed by atoms with Crippen LogP contribution < -0.4 is 0 Å². The van der Waals surface area contributed by atoms with Gasteiger partial charge in [-0.1, -0.05) is 6.92 Å². The van der Waals surface area contributed by atoms with Crippen LogP contribution in [0.15, 0.2) is 0 Å². The van der Waals surface area contributed by atoms with Crippen molar-refractivity contribution in [1.82, 2.24) is 4.90 Å². The van der Waals surface area contributed by atoms with E-state index in [4.69, 9.17) is 5.26 Å². The minimum atomic E-state index is 0.433. The van der Waals surface area contributed by atoms with Gasteiger partial charge in [0, 0.05) is 18.6 Å². The lowest BCUT2D eigenvalue weighted by molar-refractivity contribution is 0.0865. The average Bonchev–Trinajstić information content (AvgIpc) is 2.09. The fourth-order valence-corrected chi connectivity index (χ4v) is 2.19. The highest BCUT2D eigenvalue weighted by atomic mass is 15.2. The van der Waals surface area contributed by atoms with Gasteiger partial charge in [0.15, 0.2) is 0 Å². The number of nitrogens with zero attached hydrogens (tertiary/aromatic N) is 2. The Bertz CT molecular complexity index is 195. The summed E-state index contributed by atoms with van der Waals surface area (Å²) in [7, 11) is 0. The van der Waals surface area contributed by atoms with Gasteiger partial charge in [0.1, 0.15) is 0 Å². The van der Waals surface area contributed by atoms with Gasteiger partial charge in [-0.3, -0.25) is 4.90 Å². The number of hydrogen-bond donors (Lipinski definition) is 0. The van der Waals surface area contributed by atoms with Gasteiger partial charge in [-0.2, -0.15) is 5.26 Å². The van der Waals surface area contributed by atoms with Crippen molar-refractivity contribution in [2.75, 3.05) is 6.54 Å². The van der Waals surface area contributed by atoms with E-state index >= 15 is 0 Å². The number of nitriles is 1. The van der Waals surface area contributed by atoms with Gasteiger partial charge in [0.05, 0.1) is 12.5 Å². The zero-order valence-electron chi connectivity index (χ0n) is 8.95. The molecule has 1 fully saturated rings. The van der Waals surface area contributed by atoms with Crippen LogP contribution in [0.4, 0.5) is 0 Å². The molecule has 1 aliphatic rings. The van der Waals surface area contributed by atoms with Gasteiger partial charge in [0.2, 0.25) is 0 Å². The number of hydrogen-bond acceptors (Lipinski definition) is 2.